The first kappa shape index (κ1) is 37.1. The molecule has 0 unspecified atom stereocenters. The Morgan fingerprint density at radius 3 is 1.83 bits per heavy atom. The van der Waals surface area contributed by atoms with Gasteiger partial charge in [-0.1, -0.05) is 152 Å². The van der Waals surface area contributed by atoms with Crippen molar-refractivity contribution in [3.05, 3.63) is 216 Å². The molecule has 63 heavy (non-hydrogen) atoms. The number of aromatic nitrogens is 2. The summed E-state index contributed by atoms with van der Waals surface area (Å²) < 4.78 is 4.86. The van der Waals surface area contributed by atoms with Gasteiger partial charge in [0.05, 0.1) is 27.9 Å². The van der Waals surface area contributed by atoms with Gasteiger partial charge in [0.1, 0.15) is 0 Å². The number of allylic oxidation sites excluding steroid dienone is 3. The Morgan fingerprint density at radius 2 is 1.08 bits per heavy atom. The lowest BCUT2D eigenvalue weighted by Crippen LogP contribution is -2.07. The largest absolute Gasteiger partial charge is 0.309 e. The predicted molar refractivity (Wildman–Crippen MR) is 271 cm³/mol. The molecule has 12 rings (SSSR count). The minimum atomic E-state index is 1.11. The number of fused-ring (bicyclic) bond motifs is 10. The fourth-order valence-electron chi connectivity index (χ4n) is 10.7. The summed E-state index contributed by atoms with van der Waals surface area (Å²) in [6.07, 6.45) is 20.3. The van der Waals surface area contributed by atoms with E-state index in [1.807, 2.05) is 6.08 Å². The van der Waals surface area contributed by atoms with Crippen molar-refractivity contribution >= 4 is 67.8 Å². The van der Waals surface area contributed by atoms with Crippen LogP contribution in [0.5, 0.6) is 0 Å². The van der Waals surface area contributed by atoms with Crippen molar-refractivity contribution in [1.29, 1.82) is 0 Å². The summed E-state index contributed by atoms with van der Waals surface area (Å²) in [7, 11) is 0. The zero-order valence-corrected chi connectivity index (χ0v) is 35.5. The third-order valence-electron chi connectivity index (χ3n) is 13.6. The number of rotatable bonds is 7. The molecule has 10 aromatic rings. The Labute approximate surface area is 368 Å². The van der Waals surface area contributed by atoms with Gasteiger partial charge >= 0.3 is 0 Å². The molecule has 0 aliphatic heterocycles. The van der Waals surface area contributed by atoms with E-state index in [-0.39, 0.29) is 0 Å². The summed E-state index contributed by atoms with van der Waals surface area (Å²) in [5, 5.41) is 6.37. The minimum absolute atomic E-state index is 1.11. The SMILES string of the molecule is C=Cc1c(/C=C\C)c2cc(-c3ccc4c(c3)c3ccccc3n4-c3ccccc3-c3ccc(-c4ccccc4)cc3)ccc2n1-c1ccc2c3c(c4c(c2c1)C=CCC4)CCC=C3. The Bertz CT molecular complexity index is 3570. The standard InChI is InChI=1S/C61H46N2/c1-3-16-52-55-37-43(31-35-60(55)62(57(52)4-2)45-33-34-51-49-22-9-8-20-47(49)48-21-10-11-23-50(48)54(51)39-45)44-32-36-61-56(38-44)53-24-13-15-26-59(53)63(61)58-25-14-12-19-46(58)42-29-27-41(28-30-42)40-17-6-5-7-18-40/h3-7,9,11-19,22-39H,2,8,10,20-21H2,1H3/b16-3-. The topological polar surface area (TPSA) is 9.86 Å². The third kappa shape index (κ3) is 5.93. The Morgan fingerprint density at radius 1 is 0.476 bits per heavy atom. The van der Waals surface area contributed by atoms with Crippen LogP contribution in [0.1, 0.15) is 53.3 Å². The molecule has 2 aliphatic carbocycles. The summed E-state index contributed by atoms with van der Waals surface area (Å²) in [6.45, 7) is 6.48. The van der Waals surface area contributed by atoms with E-state index in [1.54, 1.807) is 11.1 Å². The molecule has 8 aromatic carbocycles. The summed E-state index contributed by atoms with van der Waals surface area (Å²) >= 11 is 0. The molecule has 0 bridgehead atoms. The van der Waals surface area contributed by atoms with Gasteiger partial charge in [0, 0.05) is 33.0 Å². The zero-order chi connectivity index (χ0) is 42.0. The van der Waals surface area contributed by atoms with Gasteiger partial charge in [-0.15, -0.1) is 0 Å². The molecule has 0 radical (unpaired) electrons. The lowest BCUT2D eigenvalue weighted by Gasteiger charge is -2.24. The summed E-state index contributed by atoms with van der Waals surface area (Å²) in [6, 6.07) is 58.3. The second-order valence-corrected chi connectivity index (χ2v) is 17.0. The van der Waals surface area contributed by atoms with Crippen LogP contribution in [0.15, 0.2) is 183 Å². The molecule has 0 amide bonds. The van der Waals surface area contributed by atoms with Crippen molar-refractivity contribution in [3.8, 4) is 44.8 Å². The molecule has 0 atom stereocenters. The zero-order valence-electron chi connectivity index (χ0n) is 35.5. The van der Waals surface area contributed by atoms with Crippen LogP contribution in [0, 0.1) is 0 Å². The van der Waals surface area contributed by atoms with E-state index in [4.69, 9.17) is 0 Å². The molecule has 2 nitrogen and oxygen atoms in total. The van der Waals surface area contributed by atoms with Crippen molar-refractivity contribution in [1.82, 2.24) is 9.13 Å². The number of hydrogen-bond acceptors (Lipinski definition) is 0. The minimum Gasteiger partial charge on any atom is -0.309 e. The van der Waals surface area contributed by atoms with Gasteiger partial charge in [0.2, 0.25) is 0 Å². The fraction of sp³-hybridized carbons (Fsp3) is 0.0820. The highest BCUT2D eigenvalue weighted by Gasteiger charge is 2.23. The van der Waals surface area contributed by atoms with Gasteiger partial charge < -0.3 is 9.13 Å². The molecule has 2 aliphatic rings. The molecular weight excluding hydrogens is 761 g/mol. The predicted octanol–water partition coefficient (Wildman–Crippen LogP) is 16.5. The molecule has 0 saturated carbocycles. The van der Waals surface area contributed by atoms with Crippen LogP contribution in [0.25, 0.3) is 113 Å². The van der Waals surface area contributed by atoms with E-state index in [0.717, 1.165) is 37.1 Å². The van der Waals surface area contributed by atoms with Gasteiger partial charge in [0.15, 0.2) is 0 Å². The Balaban J connectivity index is 0.990. The lowest BCUT2D eigenvalue weighted by atomic mass is 9.81. The average Bonchev–Trinajstić information content (AvgIpc) is 3.85. The smallest absolute Gasteiger partial charge is 0.0541 e. The Kier molecular flexibility index (Phi) is 8.86. The molecule has 0 fully saturated rings. The van der Waals surface area contributed by atoms with Crippen molar-refractivity contribution in [2.24, 2.45) is 0 Å². The summed E-state index contributed by atoms with van der Waals surface area (Å²) in [4.78, 5) is 0. The van der Waals surface area contributed by atoms with Crippen molar-refractivity contribution in [2.45, 2.75) is 32.6 Å². The Hall–Kier alpha value is -7.68. The summed E-state index contributed by atoms with van der Waals surface area (Å²) in [5.41, 5.74) is 21.3. The first-order valence-electron chi connectivity index (χ1n) is 22.4. The van der Waals surface area contributed by atoms with Gasteiger partial charge in [-0.3, -0.25) is 0 Å². The monoisotopic (exact) mass is 806 g/mol. The fourth-order valence-corrected chi connectivity index (χ4v) is 10.7. The molecule has 2 aromatic heterocycles. The van der Waals surface area contributed by atoms with E-state index < -0.39 is 0 Å². The number of hydrogen-bond donors (Lipinski definition) is 0. The van der Waals surface area contributed by atoms with Crippen molar-refractivity contribution in [3.63, 3.8) is 0 Å². The number of nitrogens with zero attached hydrogens (tertiary/aromatic N) is 2. The molecule has 0 spiro atoms. The van der Waals surface area contributed by atoms with E-state index in [1.165, 1.54) is 99.2 Å². The maximum atomic E-state index is 4.38. The van der Waals surface area contributed by atoms with Crippen LogP contribution in [-0.2, 0) is 12.8 Å². The van der Waals surface area contributed by atoms with Crippen molar-refractivity contribution in [2.75, 3.05) is 0 Å². The van der Waals surface area contributed by atoms with E-state index in [2.05, 4.69) is 217 Å². The van der Waals surface area contributed by atoms with Gasteiger partial charge in [-0.2, -0.15) is 0 Å². The van der Waals surface area contributed by atoms with Crippen molar-refractivity contribution < 1.29 is 0 Å². The first-order chi connectivity index (χ1) is 31.2. The quantitative estimate of drug-likeness (QED) is 0.152. The van der Waals surface area contributed by atoms with E-state index >= 15 is 0 Å². The highest BCUT2D eigenvalue weighted by molar-refractivity contribution is 6.11. The van der Waals surface area contributed by atoms with Crippen LogP contribution < -0.4 is 0 Å². The van der Waals surface area contributed by atoms with Crippen LogP contribution in [0.4, 0.5) is 0 Å². The van der Waals surface area contributed by atoms with Gasteiger partial charge in [0.25, 0.3) is 0 Å². The van der Waals surface area contributed by atoms with Crippen LogP contribution >= 0.6 is 0 Å². The first-order valence-corrected chi connectivity index (χ1v) is 22.4. The number of para-hydroxylation sites is 2. The van der Waals surface area contributed by atoms with E-state index in [9.17, 15) is 0 Å². The highest BCUT2D eigenvalue weighted by Crippen LogP contribution is 2.42. The van der Waals surface area contributed by atoms with Crippen LogP contribution in [0.2, 0.25) is 0 Å². The van der Waals surface area contributed by atoms with Crippen LogP contribution in [-0.4, -0.2) is 9.13 Å². The normalized spacial score (nSPS) is 13.4. The number of benzene rings is 8. The lowest BCUT2D eigenvalue weighted by molar-refractivity contribution is 0.911. The maximum absolute atomic E-state index is 4.38. The summed E-state index contributed by atoms with van der Waals surface area (Å²) in [5.74, 6) is 0. The average molecular weight is 807 g/mol. The van der Waals surface area contributed by atoms with Gasteiger partial charge in [-0.05, 0) is 148 Å². The molecular formula is C61H46N2. The third-order valence-corrected chi connectivity index (χ3v) is 13.6. The molecule has 0 N–H and O–H groups in total. The van der Waals surface area contributed by atoms with Gasteiger partial charge in [-0.25, -0.2) is 0 Å². The molecule has 2 heterocycles. The molecule has 300 valence electrons. The highest BCUT2D eigenvalue weighted by atomic mass is 15.0. The molecule has 0 saturated heterocycles. The second-order valence-electron chi connectivity index (χ2n) is 17.0. The van der Waals surface area contributed by atoms with E-state index in [0.29, 0.717) is 0 Å². The van der Waals surface area contributed by atoms with Crippen LogP contribution in [0.3, 0.4) is 0 Å². The molecule has 2 heteroatoms. The maximum Gasteiger partial charge on any atom is 0.0541 e. The second kappa shape index (κ2) is 15.0.